The lowest BCUT2D eigenvalue weighted by atomic mass is 10.1. The van der Waals surface area contributed by atoms with Gasteiger partial charge in [0.15, 0.2) is 0 Å². The molecule has 0 radical (unpaired) electrons. The molecule has 2 aromatic carbocycles. The Morgan fingerprint density at radius 2 is 1.70 bits per heavy atom. The first-order valence-electron chi connectivity index (χ1n) is 8.11. The van der Waals surface area contributed by atoms with Crippen molar-refractivity contribution in [2.24, 2.45) is 0 Å². The van der Waals surface area contributed by atoms with Crippen molar-refractivity contribution in [1.82, 2.24) is 5.32 Å². The van der Waals surface area contributed by atoms with Crippen LogP contribution in [0.15, 0.2) is 42.5 Å². The standard InChI is InChI=1S/C18H19Cl3N2O3S/c1-27(25,26)23(16-10-14(19)9-15(20)11-16)12-18(24)22-8-4-6-13-5-2-3-7-17(13)21/h2-3,5,7,9-11H,4,6,8,12H2,1H3,(H,22,24). The minimum atomic E-state index is -3.69. The fourth-order valence-corrected chi connectivity index (χ4v) is 4.06. The number of anilines is 1. The molecule has 0 spiro atoms. The van der Waals surface area contributed by atoms with Gasteiger partial charge in [0.1, 0.15) is 6.54 Å². The number of hydrogen-bond donors (Lipinski definition) is 1. The number of carbonyl (C=O) groups is 1. The quantitative estimate of drug-likeness (QED) is 0.615. The highest BCUT2D eigenvalue weighted by atomic mass is 35.5. The minimum Gasteiger partial charge on any atom is -0.355 e. The highest BCUT2D eigenvalue weighted by Crippen LogP contribution is 2.26. The highest BCUT2D eigenvalue weighted by Gasteiger charge is 2.21. The van der Waals surface area contributed by atoms with Gasteiger partial charge in [0.2, 0.25) is 15.9 Å². The van der Waals surface area contributed by atoms with Crippen molar-refractivity contribution in [2.45, 2.75) is 12.8 Å². The van der Waals surface area contributed by atoms with Crippen molar-refractivity contribution in [1.29, 1.82) is 0 Å². The van der Waals surface area contributed by atoms with Crippen molar-refractivity contribution in [3.8, 4) is 0 Å². The third-order valence-corrected chi connectivity index (χ3v) is 5.67. The van der Waals surface area contributed by atoms with Gasteiger partial charge in [-0.2, -0.15) is 0 Å². The van der Waals surface area contributed by atoms with Gasteiger partial charge in [0, 0.05) is 21.6 Å². The summed E-state index contributed by atoms with van der Waals surface area (Å²) in [7, 11) is -3.69. The van der Waals surface area contributed by atoms with Gasteiger partial charge < -0.3 is 5.32 Å². The van der Waals surface area contributed by atoms with Gasteiger partial charge in [-0.3, -0.25) is 9.10 Å². The van der Waals surface area contributed by atoms with Gasteiger partial charge in [0.05, 0.1) is 11.9 Å². The molecule has 0 saturated carbocycles. The topological polar surface area (TPSA) is 66.5 Å². The normalized spacial score (nSPS) is 11.3. The van der Waals surface area contributed by atoms with Gasteiger partial charge in [-0.25, -0.2) is 8.42 Å². The van der Waals surface area contributed by atoms with E-state index in [-0.39, 0.29) is 22.3 Å². The fourth-order valence-electron chi connectivity index (χ4n) is 2.48. The summed E-state index contributed by atoms with van der Waals surface area (Å²) in [4.78, 5) is 12.2. The van der Waals surface area contributed by atoms with Crippen molar-refractivity contribution in [3.05, 3.63) is 63.1 Å². The van der Waals surface area contributed by atoms with Gasteiger partial charge >= 0.3 is 0 Å². The van der Waals surface area contributed by atoms with Crippen LogP contribution in [-0.2, 0) is 21.2 Å². The number of amides is 1. The van der Waals surface area contributed by atoms with Crippen LogP contribution in [0.5, 0.6) is 0 Å². The zero-order chi connectivity index (χ0) is 20.0. The summed E-state index contributed by atoms with van der Waals surface area (Å²) in [6.07, 6.45) is 2.41. The molecule has 0 bridgehead atoms. The Morgan fingerprint density at radius 1 is 1.07 bits per heavy atom. The smallest absolute Gasteiger partial charge is 0.240 e. The van der Waals surface area contributed by atoms with E-state index < -0.39 is 15.9 Å². The maximum atomic E-state index is 12.2. The van der Waals surface area contributed by atoms with Crippen LogP contribution in [-0.4, -0.2) is 33.7 Å². The Kier molecular flexibility index (Phi) is 7.79. The second kappa shape index (κ2) is 9.64. The number of halogens is 3. The molecule has 0 atom stereocenters. The maximum Gasteiger partial charge on any atom is 0.240 e. The summed E-state index contributed by atoms with van der Waals surface area (Å²) in [5, 5.41) is 3.97. The fraction of sp³-hybridized carbons (Fsp3) is 0.278. The van der Waals surface area contributed by atoms with Crippen molar-refractivity contribution in [3.63, 3.8) is 0 Å². The van der Waals surface area contributed by atoms with E-state index in [1.165, 1.54) is 18.2 Å². The molecule has 146 valence electrons. The first-order chi connectivity index (χ1) is 12.7. The average molecular weight is 450 g/mol. The summed E-state index contributed by atoms with van der Waals surface area (Å²) >= 11 is 18.0. The Labute approximate surface area is 174 Å². The molecule has 1 N–H and O–H groups in total. The maximum absolute atomic E-state index is 12.2. The first-order valence-corrected chi connectivity index (χ1v) is 11.1. The molecule has 0 aliphatic rings. The van der Waals surface area contributed by atoms with Crippen LogP contribution < -0.4 is 9.62 Å². The van der Waals surface area contributed by atoms with Gasteiger partial charge in [-0.15, -0.1) is 0 Å². The Morgan fingerprint density at radius 3 is 2.30 bits per heavy atom. The molecule has 9 heteroatoms. The van der Waals surface area contributed by atoms with E-state index in [1.807, 2.05) is 24.3 Å². The molecular weight excluding hydrogens is 431 g/mol. The molecule has 1 amide bonds. The van der Waals surface area contributed by atoms with Crippen LogP contribution in [0.4, 0.5) is 5.69 Å². The first kappa shape index (κ1) is 21.8. The minimum absolute atomic E-state index is 0.237. The molecule has 0 fully saturated rings. The van der Waals surface area contributed by atoms with Crippen LogP contribution in [0.1, 0.15) is 12.0 Å². The summed E-state index contributed by atoms with van der Waals surface area (Å²) in [5.74, 6) is -0.421. The molecule has 0 aliphatic heterocycles. The Hall–Kier alpha value is -1.47. The van der Waals surface area contributed by atoms with Crippen LogP contribution in [0.2, 0.25) is 15.1 Å². The third-order valence-electron chi connectivity index (χ3n) is 3.73. The Balaban J connectivity index is 1.95. The molecule has 2 rings (SSSR count). The monoisotopic (exact) mass is 448 g/mol. The average Bonchev–Trinajstić information content (AvgIpc) is 2.56. The van der Waals surface area contributed by atoms with Gasteiger partial charge in [0.25, 0.3) is 0 Å². The van der Waals surface area contributed by atoms with Crippen LogP contribution in [0.25, 0.3) is 0 Å². The summed E-state index contributed by atoms with van der Waals surface area (Å²) in [5.41, 5.74) is 1.24. The number of aryl methyl sites for hydroxylation is 1. The Bertz CT molecular complexity index is 900. The molecular formula is C18H19Cl3N2O3S. The van der Waals surface area contributed by atoms with E-state index in [0.717, 1.165) is 16.1 Å². The lowest BCUT2D eigenvalue weighted by molar-refractivity contribution is -0.119. The number of benzene rings is 2. The second-order valence-electron chi connectivity index (χ2n) is 5.94. The SMILES string of the molecule is CS(=O)(=O)N(CC(=O)NCCCc1ccccc1Cl)c1cc(Cl)cc(Cl)c1. The summed E-state index contributed by atoms with van der Waals surface area (Å²) < 4.78 is 25.1. The van der Waals surface area contributed by atoms with Crippen LogP contribution in [0.3, 0.4) is 0 Å². The number of rotatable bonds is 8. The molecule has 2 aromatic rings. The van der Waals surface area contributed by atoms with E-state index in [2.05, 4.69) is 5.32 Å². The van der Waals surface area contributed by atoms with Crippen LogP contribution >= 0.6 is 34.8 Å². The molecule has 5 nitrogen and oxygen atoms in total. The molecule has 0 heterocycles. The third kappa shape index (κ3) is 6.88. The number of hydrogen-bond acceptors (Lipinski definition) is 3. The predicted molar refractivity (Wildman–Crippen MR) is 111 cm³/mol. The van der Waals surface area contributed by atoms with Crippen LogP contribution in [0, 0.1) is 0 Å². The van der Waals surface area contributed by atoms with Crippen molar-refractivity contribution >= 4 is 56.4 Å². The van der Waals surface area contributed by atoms with E-state index in [0.29, 0.717) is 24.4 Å². The second-order valence-corrected chi connectivity index (χ2v) is 9.13. The number of carbonyl (C=O) groups excluding carboxylic acids is 1. The zero-order valence-electron chi connectivity index (χ0n) is 14.6. The van der Waals surface area contributed by atoms with E-state index in [4.69, 9.17) is 34.8 Å². The summed E-state index contributed by atoms with van der Waals surface area (Å²) in [6.45, 7) is 0.0412. The number of nitrogens with zero attached hydrogens (tertiary/aromatic N) is 1. The van der Waals surface area contributed by atoms with Crippen molar-refractivity contribution in [2.75, 3.05) is 23.7 Å². The molecule has 0 unspecified atom stereocenters. The predicted octanol–water partition coefficient (Wildman–Crippen LogP) is 4.16. The van der Waals surface area contributed by atoms with E-state index >= 15 is 0 Å². The van der Waals surface area contributed by atoms with Gasteiger partial charge in [-0.05, 0) is 42.7 Å². The highest BCUT2D eigenvalue weighted by molar-refractivity contribution is 7.92. The molecule has 0 saturated heterocycles. The molecule has 0 aromatic heterocycles. The number of sulfonamides is 1. The van der Waals surface area contributed by atoms with Crippen molar-refractivity contribution < 1.29 is 13.2 Å². The lowest BCUT2D eigenvalue weighted by Crippen LogP contribution is -2.40. The number of nitrogens with one attached hydrogen (secondary N) is 1. The van der Waals surface area contributed by atoms with E-state index in [1.54, 1.807) is 0 Å². The van der Waals surface area contributed by atoms with E-state index in [9.17, 15) is 13.2 Å². The molecule has 0 aliphatic carbocycles. The van der Waals surface area contributed by atoms with Gasteiger partial charge in [-0.1, -0.05) is 53.0 Å². The molecule has 27 heavy (non-hydrogen) atoms. The summed E-state index contributed by atoms with van der Waals surface area (Å²) in [6, 6.07) is 11.9. The zero-order valence-corrected chi connectivity index (χ0v) is 17.7. The lowest BCUT2D eigenvalue weighted by Gasteiger charge is -2.22. The largest absolute Gasteiger partial charge is 0.355 e.